The van der Waals surface area contributed by atoms with Crippen LogP contribution in [0.1, 0.15) is 37.6 Å². The van der Waals surface area contributed by atoms with Gasteiger partial charge in [0.1, 0.15) is 5.75 Å². The van der Waals surface area contributed by atoms with Gasteiger partial charge in [0.05, 0.1) is 16.3 Å². The molecule has 0 unspecified atom stereocenters. The number of carbonyl (C=O) groups excluding carboxylic acids is 2. The first-order valence-corrected chi connectivity index (χ1v) is 8.92. The summed E-state index contributed by atoms with van der Waals surface area (Å²) in [5.41, 5.74) is 0.846. The van der Waals surface area contributed by atoms with Gasteiger partial charge >= 0.3 is 0 Å². The Morgan fingerprint density at radius 3 is 2.38 bits per heavy atom. The third kappa shape index (κ3) is 5.23. The highest BCUT2D eigenvalue weighted by atomic mass is 35.5. The highest BCUT2D eigenvalue weighted by molar-refractivity contribution is 6.32. The van der Waals surface area contributed by atoms with Crippen LogP contribution in [0, 0.1) is 0 Å². The molecule has 2 amide bonds. The molecule has 26 heavy (non-hydrogen) atoms. The van der Waals surface area contributed by atoms with E-state index in [2.05, 4.69) is 10.6 Å². The second-order valence-corrected chi connectivity index (χ2v) is 6.52. The molecule has 2 rings (SSSR count). The summed E-state index contributed by atoms with van der Waals surface area (Å²) >= 11 is 6.10. The Morgan fingerprint density at radius 2 is 1.73 bits per heavy atom. The van der Waals surface area contributed by atoms with Crippen molar-refractivity contribution in [3.05, 3.63) is 59.1 Å². The van der Waals surface area contributed by atoms with Crippen LogP contribution in [-0.4, -0.2) is 24.0 Å². The van der Waals surface area contributed by atoms with Gasteiger partial charge in [0, 0.05) is 6.04 Å². The SMILES string of the molecule is CC[C@H](Oc1ccccc1Cl)C(=O)Nc1ccccc1C(=O)NC(C)C. The number of hydrogen-bond donors (Lipinski definition) is 2. The fraction of sp³-hybridized carbons (Fsp3) is 0.300. The molecule has 1 atom stereocenters. The van der Waals surface area contributed by atoms with Crippen molar-refractivity contribution in [3.8, 4) is 5.75 Å². The zero-order valence-corrected chi connectivity index (χ0v) is 15.8. The van der Waals surface area contributed by atoms with Crippen molar-refractivity contribution in [1.82, 2.24) is 5.32 Å². The molecule has 2 aromatic carbocycles. The minimum atomic E-state index is -0.726. The van der Waals surface area contributed by atoms with E-state index in [1.165, 1.54) is 0 Å². The van der Waals surface area contributed by atoms with Crippen LogP contribution in [0.15, 0.2) is 48.5 Å². The zero-order chi connectivity index (χ0) is 19.1. The average molecular weight is 375 g/mol. The van der Waals surface area contributed by atoms with E-state index in [0.29, 0.717) is 28.4 Å². The molecule has 2 aromatic rings. The maximum absolute atomic E-state index is 12.6. The van der Waals surface area contributed by atoms with Crippen LogP contribution in [0.5, 0.6) is 5.75 Å². The summed E-state index contributed by atoms with van der Waals surface area (Å²) in [4.78, 5) is 25.0. The third-order valence-corrected chi connectivity index (χ3v) is 3.93. The Kier molecular flexibility index (Phi) is 7.04. The number of para-hydroxylation sites is 2. The minimum absolute atomic E-state index is 0.00166. The third-order valence-electron chi connectivity index (χ3n) is 3.62. The monoisotopic (exact) mass is 374 g/mol. The summed E-state index contributed by atoms with van der Waals surface area (Å²) in [6, 6.07) is 13.9. The number of amides is 2. The molecule has 0 heterocycles. The lowest BCUT2D eigenvalue weighted by atomic mass is 10.1. The maximum Gasteiger partial charge on any atom is 0.265 e. The number of halogens is 1. The van der Waals surface area contributed by atoms with Crippen LogP contribution < -0.4 is 15.4 Å². The molecule has 138 valence electrons. The zero-order valence-electron chi connectivity index (χ0n) is 15.1. The largest absolute Gasteiger partial charge is 0.479 e. The van der Waals surface area contributed by atoms with Gasteiger partial charge in [-0.1, -0.05) is 42.8 Å². The molecule has 0 radical (unpaired) electrons. The van der Waals surface area contributed by atoms with E-state index in [0.717, 1.165) is 0 Å². The predicted octanol–water partition coefficient (Wildman–Crippen LogP) is 4.27. The van der Waals surface area contributed by atoms with Crippen molar-refractivity contribution in [2.24, 2.45) is 0 Å². The van der Waals surface area contributed by atoms with E-state index in [4.69, 9.17) is 16.3 Å². The normalized spacial score (nSPS) is 11.7. The summed E-state index contributed by atoms with van der Waals surface area (Å²) in [5.74, 6) is -0.129. The molecule has 0 fully saturated rings. The lowest BCUT2D eigenvalue weighted by Gasteiger charge is -2.19. The van der Waals surface area contributed by atoms with Crippen LogP contribution in [0.25, 0.3) is 0 Å². The smallest absolute Gasteiger partial charge is 0.265 e. The van der Waals surface area contributed by atoms with Crippen LogP contribution in [0.4, 0.5) is 5.69 Å². The Morgan fingerprint density at radius 1 is 1.08 bits per heavy atom. The molecule has 0 aliphatic heterocycles. The van der Waals surface area contributed by atoms with E-state index in [1.54, 1.807) is 48.5 Å². The van der Waals surface area contributed by atoms with Gasteiger partial charge < -0.3 is 15.4 Å². The van der Waals surface area contributed by atoms with E-state index < -0.39 is 6.10 Å². The van der Waals surface area contributed by atoms with E-state index >= 15 is 0 Å². The molecule has 0 aliphatic carbocycles. The molecule has 0 bridgehead atoms. The summed E-state index contributed by atoms with van der Waals surface area (Å²) < 4.78 is 5.75. The van der Waals surface area contributed by atoms with Gasteiger partial charge in [0.25, 0.3) is 11.8 Å². The van der Waals surface area contributed by atoms with Crippen molar-refractivity contribution in [1.29, 1.82) is 0 Å². The molecule has 0 aliphatic rings. The number of benzene rings is 2. The molecule has 0 saturated heterocycles. The number of carbonyl (C=O) groups is 2. The number of hydrogen-bond acceptors (Lipinski definition) is 3. The molecule has 0 saturated carbocycles. The predicted molar refractivity (Wildman–Crippen MR) is 104 cm³/mol. The van der Waals surface area contributed by atoms with Crippen LogP contribution in [-0.2, 0) is 4.79 Å². The summed E-state index contributed by atoms with van der Waals surface area (Å²) in [6.07, 6.45) is -0.270. The first kappa shape index (κ1) is 19.8. The molecular weight excluding hydrogens is 352 g/mol. The van der Waals surface area contributed by atoms with Gasteiger partial charge in [-0.2, -0.15) is 0 Å². The van der Waals surface area contributed by atoms with Crippen molar-refractivity contribution in [2.45, 2.75) is 39.3 Å². The fourth-order valence-electron chi connectivity index (χ4n) is 2.36. The first-order valence-electron chi connectivity index (χ1n) is 8.54. The van der Waals surface area contributed by atoms with Gasteiger partial charge in [-0.3, -0.25) is 9.59 Å². The first-order chi connectivity index (χ1) is 12.4. The van der Waals surface area contributed by atoms with Gasteiger partial charge in [-0.25, -0.2) is 0 Å². The highest BCUT2D eigenvalue weighted by Crippen LogP contribution is 2.25. The summed E-state index contributed by atoms with van der Waals surface area (Å²) in [5, 5.41) is 6.05. The molecule has 0 aromatic heterocycles. The quantitative estimate of drug-likeness (QED) is 0.760. The van der Waals surface area contributed by atoms with E-state index in [-0.39, 0.29) is 17.9 Å². The average Bonchev–Trinajstić information content (AvgIpc) is 2.60. The lowest BCUT2D eigenvalue weighted by molar-refractivity contribution is -0.122. The molecule has 6 heteroatoms. The fourth-order valence-corrected chi connectivity index (χ4v) is 2.54. The minimum Gasteiger partial charge on any atom is -0.479 e. The molecule has 2 N–H and O–H groups in total. The molecular formula is C20H23ClN2O3. The van der Waals surface area contributed by atoms with E-state index in [1.807, 2.05) is 20.8 Å². The Bertz CT molecular complexity index is 777. The molecule has 5 nitrogen and oxygen atoms in total. The second-order valence-electron chi connectivity index (χ2n) is 6.11. The maximum atomic E-state index is 12.6. The number of rotatable bonds is 7. The highest BCUT2D eigenvalue weighted by Gasteiger charge is 2.21. The summed E-state index contributed by atoms with van der Waals surface area (Å²) in [7, 11) is 0. The lowest BCUT2D eigenvalue weighted by Crippen LogP contribution is -2.34. The topological polar surface area (TPSA) is 67.4 Å². The molecule has 0 spiro atoms. The van der Waals surface area contributed by atoms with Crippen LogP contribution >= 0.6 is 11.6 Å². The second kappa shape index (κ2) is 9.25. The number of anilines is 1. The van der Waals surface area contributed by atoms with E-state index in [9.17, 15) is 9.59 Å². The summed E-state index contributed by atoms with van der Waals surface area (Å²) in [6.45, 7) is 5.60. The van der Waals surface area contributed by atoms with Crippen LogP contribution in [0.3, 0.4) is 0 Å². The standard InChI is InChI=1S/C20H23ClN2O3/c1-4-17(26-18-12-8-6-10-15(18)21)20(25)23-16-11-7-5-9-14(16)19(24)22-13(2)3/h5-13,17H,4H2,1-3H3,(H,22,24)(H,23,25)/t17-/m0/s1. The van der Waals surface area contributed by atoms with Crippen molar-refractivity contribution >= 4 is 29.1 Å². The van der Waals surface area contributed by atoms with Gasteiger partial charge in [0.15, 0.2) is 6.10 Å². The van der Waals surface area contributed by atoms with Gasteiger partial charge in [-0.15, -0.1) is 0 Å². The van der Waals surface area contributed by atoms with Gasteiger partial charge in [0.2, 0.25) is 0 Å². The number of ether oxygens (including phenoxy) is 1. The number of nitrogens with one attached hydrogen (secondary N) is 2. The Labute approximate surface area is 158 Å². The Hall–Kier alpha value is -2.53. The van der Waals surface area contributed by atoms with Gasteiger partial charge in [-0.05, 0) is 44.5 Å². The Balaban J connectivity index is 2.15. The van der Waals surface area contributed by atoms with Crippen molar-refractivity contribution < 1.29 is 14.3 Å². The van der Waals surface area contributed by atoms with Crippen molar-refractivity contribution in [2.75, 3.05) is 5.32 Å². The van der Waals surface area contributed by atoms with Crippen molar-refractivity contribution in [3.63, 3.8) is 0 Å². The van der Waals surface area contributed by atoms with Crippen LogP contribution in [0.2, 0.25) is 5.02 Å².